The molecule has 1 unspecified atom stereocenters. The van der Waals surface area contributed by atoms with E-state index in [1.165, 1.54) is 0 Å². The first-order valence-electron chi connectivity index (χ1n) is 5.25. The molecule has 4 heteroatoms. The molecule has 1 heterocycles. The number of ketones is 1. The van der Waals surface area contributed by atoms with Gasteiger partial charge in [0, 0.05) is 12.8 Å². The van der Waals surface area contributed by atoms with E-state index >= 15 is 0 Å². The lowest BCUT2D eigenvalue weighted by Gasteiger charge is -2.05. The second-order valence-corrected chi connectivity index (χ2v) is 6.34. The number of sulfone groups is 1. The zero-order valence-corrected chi connectivity index (χ0v) is 9.48. The highest BCUT2D eigenvalue weighted by atomic mass is 32.2. The number of unbranched alkanes of at least 4 members (excludes halogenated alkanes) is 1. The number of hydrogen-bond donors (Lipinski definition) is 0. The minimum absolute atomic E-state index is 0.101. The highest BCUT2D eigenvalue weighted by Crippen LogP contribution is 2.22. The van der Waals surface area contributed by atoms with Crippen molar-refractivity contribution in [2.24, 2.45) is 5.92 Å². The van der Waals surface area contributed by atoms with Crippen molar-refractivity contribution in [3.63, 3.8) is 0 Å². The van der Waals surface area contributed by atoms with Crippen molar-refractivity contribution in [3.8, 4) is 0 Å². The zero-order chi connectivity index (χ0) is 10.6. The lowest BCUT2D eigenvalue weighted by molar-refractivity contribution is -0.119. The molecule has 1 rings (SSSR count). The summed E-state index contributed by atoms with van der Waals surface area (Å²) in [7, 11) is -2.81. The second-order valence-electron chi connectivity index (χ2n) is 4.12. The molecule has 0 spiro atoms. The number of hydrogen-bond acceptors (Lipinski definition) is 3. The SMILES string of the molecule is CCCCC(=O)CC1CCS(=O)(=O)C1. The van der Waals surface area contributed by atoms with E-state index in [1.54, 1.807) is 0 Å². The summed E-state index contributed by atoms with van der Waals surface area (Å²) in [5.41, 5.74) is 0. The molecule has 3 nitrogen and oxygen atoms in total. The maximum atomic E-state index is 11.4. The largest absolute Gasteiger partial charge is 0.300 e. The topological polar surface area (TPSA) is 51.2 Å². The Morgan fingerprint density at radius 2 is 2.14 bits per heavy atom. The Labute approximate surface area is 85.8 Å². The molecule has 1 saturated heterocycles. The van der Waals surface area contributed by atoms with Crippen molar-refractivity contribution >= 4 is 15.6 Å². The molecule has 0 aromatic rings. The summed E-state index contributed by atoms with van der Waals surface area (Å²) in [5, 5.41) is 0. The lowest BCUT2D eigenvalue weighted by Crippen LogP contribution is -2.10. The predicted molar refractivity (Wildman–Crippen MR) is 55.9 cm³/mol. The van der Waals surface area contributed by atoms with Crippen molar-refractivity contribution in [2.75, 3.05) is 11.5 Å². The standard InChI is InChI=1S/C10H18O3S/c1-2-3-4-10(11)7-9-5-6-14(12,13)8-9/h9H,2-8H2,1H3. The van der Waals surface area contributed by atoms with Crippen molar-refractivity contribution in [1.29, 1.82) is 0 Å². The van der Waals surface area contributed by atoms with Crippen LogP contribution in [0.15, 0.2) is 0 Å². The van der Waals surface area contributed by atoms with Gasteiger partial charge < -0.3 is 0 Å². The molecule has 0 amide bonds. The summed E-state index contributed by atoms with van der Waals surface area (Å²) >= 11 is 0. The minimum atomic E-state index is -2.81. The van der Waals surface area contributed by atoms with Crippen LogP contribution in [0.25, 0.3) is 0 Å². The Kier molecular flexibility index (Phi) is 4.11. The van der Waals surface area contributed by atoms with Crippen LogP contribution < -0.4 is 0 Å². The maximum absolute atomic E-state index is 11.4. The zero-order valence-electron chi connectivity index (χ0n) is 8.66. The third kappa shape index (κ3) is 3.78. The van der Waals surface area contributed by atoms with Crippen molar-refractivity contribution < 1.29 is 13.2 Å². The van der Waals surface area contributed by atoms with E-state index in [0.29, 0.717) is 19.3 Å². The van der Waals surface area contributed by atoms with Crippen LogP contribution in [0.4, 0.5) is 0 Å². The summed E-state index contributed by atoms with van der Waals surface area (Å²) in [6.07, 6.45) is 3.72. The van der Waals surface area contributed by atoms with Crippen LogP contribution in [0.5, 0.6) is 0 Å². The molecule has 1 aliphatic rings. The molecule has 14 heavy (non-hydrogen) atoms. The number of Topliss-reactive ketones (excluding diaryl/α,β-unsaturated/α-hetero) is 1. The first-order valence-corrected chi connectivity index (χ1v) is 7.08. The Morgan fingerprint density at radius 1 is 1.43 bits per heavy atom. The van der Waals surface area contributed by atoms with Crippen LogP contribution in [0.1, 0.15) is 39.0 Å². The van der Waals surface area contributed by atoms with E-state index in [4.69, 9.17) is 0 Å². The Hall–Kier alpha value is -0.380. The predicted octanol–water partition coefficient (Wildman–Crippen LogP) is 1.57. The van der Waals surface area contributed by atoms with Gasteiger partial charge in [0.25, 0.3) is 0 Å². The third-order valence-corrected chi connectivity index (χ3v) is 4.49. The molecule has 0 aliphatic carbocycles. The lowest BCUT2D eigenvalue weighted by atomic mass is 9.99. The highest BCUT2D eigenvalue weighted by molar-refractivity contribution is 7.91. The van der Waals surface area contributed by atoms with Gasteiger partial charge in [-0.2, -0.15) is 0 Å². The fourth-order valence-electron chi connectivity index (χ4n) is 1.83. The van der Waals surface area contributed by atoms with Gasteiger partial charge >= 0.3 is 0 Å². The average molecular weight is 218 g/mol. The van der Waals surface area contributed by atoms with Crippen LogP contribution in [-0.4, -0.2) is 25.7 Å². The summed E-state index contributed by atoms with van der Waals surface area (Å²) < 4.78 is 22.3. The molecule has 0 bridgehead atoms. The molecule has 1 aliphatic heterocycles. The van der Waals surface area contributed by atoms with Crippen LogP contribution in [0.3, 0.4) is 0 Å². The first-order chi connectivity index (χ1) is 6.53. The van der Waals surface area contributed by atoms with Gasteiger partial charge in [-0.25, -0.2) is 8.42 Å². The van der Waals surface area contributed by atoms with Gasteiger partial charge in [0.15, 0.2) is 9.84 Å². The Morgan fingerprint density at radius 3 is 2.64 bits per heavy atom. The second kappa shape index (κ2) is 4.91. The van der Waals surface area contributed by atoms with Gasteiger partial charge in [-0.05, 0) is 18.8 Å². The fraction of sp³-hybridized carbons (Fsp3) is 0.900. The van der Waals surface area contributed by atoms with Crippen LogP contribution in [0, 0.1) is 5.92 Å². The molecular weight excluding hydrogens is 200 g/mol. The van der Waals surface area contributed by atoms with Gasteiger partial charge in [0.2, 0.25) is 0 Å². The maximum Gasteiger partial charge on any atom is 0.150 e. The van der Waals surface area contributed by atoms with E-state index in [-0.39, 0.29) is 23.2 Å². The molecule has 82 valence electrons. The summed E-state index contributed by atoms with van der Waals surface area (Å²) in [6.45, 7) is 2.05. The van der Waals surface area contributed by atoms with Gasteiger partial charge in [0.1, 0.15) is 5.78 Å². The van der Waals surface area contributed by atoms with Crippen LogP contribution in [0.2, 0.25) is 0 Å². The van der Waals surface area contributed by atoms with Crippen molar-refractivity contribution in [2.45, 2.75) is 39.0 Å². The normalized spacial score (nSPS) is 25.1. The van der Waals surface area contributed by atoms with Crippen molar-refractivity contribution in [1.82, 2.24) is 0 Å². The van der Waals surface area contributed by atoms with E-state index in [9.17, 15) is 13.2 Å². The van der Waals surface area contributed by atoms with Crippen molar-refractivity contribution in [3.05, 3.63) is 0 Å². The van der Waals surface area contributed by atoms with E-state index in [0.717, 1.165) is 12.8 Å². The number of carbonyl (C=O) groups is 1. The van der Waals surface area contributed by atoms with Gasteiger partial charge in [-0.1, -0.05) is 13.3 Å². The Bertz CT molecular complexity index is 292. The van der Waals surface area contributed by atoms with E-state index in [2.05, 4.69) is 0 Å². The van der Waals surface area contributed by atoms with Gasteiger partial charge in [-0.3, -0.25) is 4.79 Å². The monoisotopic (exact) mass is 218 g/mol. The number of carbonyl (C=O) groups excluding carboxylic acids is 1. The molecule has 1 atom stereocenters. The third-order valence-electron chi connectivity index (χ3n) is 2.65. The molecule has 0 aromatic heterocycles. The molecule has 0 N–H and O–H groups in total. The molecule has 0 aromatic carbocycles. The highest BCUT2D eigenvalue weighted by Gasteiger charge is 2.28. The van der Waals surface area contributed by atoms with E-state index in [1.807, 2.05) is 6.92 Å². The summed E-state index contributed by atoms with van der Waals surface area (Å²) in [6, 6.07) is 0. The molecular formula is C10H18O3S. The van der Waals surface area contributed by atoms with E-state index < -0.39 is 9.84 Å². The smallest absolute Gasteiger partial charge is 0.150 e. The summed E-state index contributed by atoms with van der Waals surface area (Å²) in [4.78, 5) is 11.4. The van der Waals surface area contributed by atoms with Crippen LogP contribution >= 0.6 is 0 Å². The summed E-state index contributed by atoms with van der Waals surface area (Å²) in [5.74, 6) is 0.835. The van der Waals surface area contributed by atoms with Crippen LogP contribution in [-0.2, 0) is 14.6 Å². The fourth-order valence-corrected chi connectivity index (χ4v) is 3.69. The van der Waals surface area contributed by atoms with Gasteiger partial charge in [0.05, 0.1) is 11.5 Å². The molecule has 1 fully saturated rings. The first kappa shape index (κ1) is 11.7. The minimum Gasteiger partial charge on any atom is -0.300 e. The Balaban J connectivity index is 2.29. The molecule has 0 saturated carbocycles. The number of rotatable bonds is 5. The quantitative estimate of drug-likeness (QED) is 0.704. The molecule has 0 radical (unpaired) electrons. The van der Waals surface area contributed by atoms with Gasteiger partial charge in [-0.15, -0.1) is 0 Å². The average Bonchev–Trinajstić information content (AvgIpc) is 2.42.